The number of nitrogens with zero attached hydrogens (tertiary/aromatic N) is 4. The Morgan fingerprint density at radius 1 is 1.30 bits per heavy atom. The number of amides is 1. The van der Waals surface area contributed by atoms with Gasteiger partial charge in [0, 0.05) is 28.6 Å². The molecule has 0 bridgehead atoms. The average molecular weight is 472 g/mol. The zero-order valence-electron chi connectivity index (χ0n) is 18.4. The van der Waals surface area contributed by atoms with Gasteiger partial charge in [-0.2, -0.15) is 5.26 Å². The summed E-state index contributed by atoms with van der Waals surface area (Å²) < 4.78 is 0. The van der Waals surface area contributed by atoms with Gasteiger partial charge < -0.3 is 10.6 Å². The summed E-state index contributed by atoms with van der Waals surface area (Å²) in [5, 5.41) is 25.9. The third-order valence-corrected chi connectivity index (χ3v) is 5.73. The number of nitro groups is 1. The molecule has 0 saturated heterocycles. The predicted molar refractivity (Wildman–Crippen MR) is 126 cm³/mol. The van der Waals surface area contributed by atoms with Crippen molar-refractivity contribution in [1.82, 2.24) is 15.7 Å². The maximum atomic E-state index is 13.0. The number of halogens is 1. The fraction of sp³-hybridized carbons (Fsp3) is 0.364. The lowest BCUT2D eigenvalue weighted by molar-refractivity contribution is -0.525. The van der Waals surface area contributed by atoms with Crippen LogP contribution in [0.2, 0.25) is 5.02 Å². The molecular formula is C22H26ClN7O3. The number of aromatic nitrogens is 1. The van der Waals surface area contributed by atoms with Gasteiger partial charge in [-0.05, 0) is 55.7 Å². The van der Waals surface area contributed by atoms with E-state index >= 15 is 0 Å². The summed E-state index contributed by atoms with van der Waals surface area (Å²) in [4.78, 5) is 32.7. The SMILES string of the molecule is CCC(CC)(CCC#N)C(N=C(Nc1cccnc1)N[N+](=O)[O-])NC(=O)c1ccc(Cl)cc1. The lowest BCUT2D eigenvalue weighted by Crippen LogP contribution is -2.49. The molecule has 1 atom stereocenters. The Hall–Kier alpha value is -3.71. The van der Waals surface area contributed by atoms with Crippen LogP contribution in [0.5, 0.6) is 0 Å². The van der Waals surface area contributed by atoms with Crippen LogP contribution in [0.3, 0.4) is 0 Å². The molecule has 3 N–H and O–H groups in total. The number of rotatable bonds is 10. The van der Waals surface area contributed by atoms with Gasteiger partial charge in [-0.15, -0.1) is 0 Å². The highest BCUT2D eigenvalue weighted by molar-refractivity contribution is 6.30. The molecular weight excluding hydrogens is 446 g/mol. The second-order valence-corrected chi connectivity index (χ2v) is 7.76. The smallest absolute Gasteiger partial charge is 0.260 e. The fourth-order valence-corrected chi connectivity index (χ4v) is 3.57. The summed E-state index contributed by atoms with van der Waals surface area (Å²) in [6.07, 6.45) is 4.05. The minimum absolute atomic E-state index is 0.169. The summed E-state index contributed by atoms with van der Waals surface area (Å²) in [5.41, 5.74) is 2.28. The number of aliphatic imine (C=N–C) groups is 1. The first-order valence-corrected chi connectivity index (χ1v) is 10.8. The molecule has 2 aromatic rings. The summed E-state index contributed by atoms with van der Waals surface area (Å²) in [7, 11) is 0. The van der Waals surface area contributed by atoms with Crippen molar-refractivity contribution < 1.29 is 9.83 Å². The van der Waals surface area contributed by atoms with E-state index < -0.39 is 22.5 Å². The summed E-state index contributed by atoms with van der Waals surface area (Å²) >= 11 is 5.92. The fourth-order valence-electron chi connectivity index (χ4n) is 3.44. The molecule has 0 aliphatic heterocycles. The number of anilines is 1. The van der Waals surface area contributed by atoms with Gasteiger partial charge in [-0.1, -0.05) is 30.9 Å². The Morgan fingerprint density at radius 2 is 2.00 bits per heavy atom. The van der Waals surface area contributed by atoms with Crippen molar-refractivity contribution in [2.75, 3.05) is 5.32 Å². The number of pyridine rings is 1. The van der Waals surface area contributed by atoms with E-state index in [1.165, 1.54) is 6.20 Å². The van der Waals surface area contributed by atoms with E-state index in [4.69, 9.17) is 11.6 Å². The van der Waals surface area contributed by atoms with E-state index in [9.17, 15) is 20.2 Å². The zero-order valence-corrected chi connectivity index (χ0v) is 19.2. The van der Waals surface area contributed by atoms with Crippen molar-refractivity contribution >= 4 is 29.2 Å². The Bertz CT molecular complexity index is 1000. The topological polar surface area (TPSA) is 145 Å². The third-order valence-electron chi connectivity index (χ3n) is 5.48. The van der Waals surface area contributed by atoms with Crippen molar-refractivity contribution in [3.63, 3.8) is 0 Å². The number of hydrogen-bond acceptors (Lipinski definition) is 6. The largest absolute Gasteiger partial charge is 0.330 e. The number of benzene rings is 1. The Balaban J connectivity index is 2.48. The number of nitriles is 1. The van der Waals surface area contributed by atoms with Crippen LogP contribution in [0.4, 0.5) is 5.69 Å². The van der Waals surface area contributed by atoms with E-state index in [0.717, 1.165) is 0 Å². The van der Waals surface area contributed by atoms with E-state index in [2.05, 4.69) is 32.1 Å². The molecule has 2 rings (SSSR count). The van der Waals surface area contributed by atoms with Crippen molar-refractivity contribution in [3.05, 3.63) is 69.5 Å². The van der Waals surface area contributed by atoms with Gasteiger partial charge in [0.2, 0.25) is 0 Å². The second-order valence-electron chi connectivity index (χ2n) is 7.32. The normalized spacial score (nSPS) is 12.4. The lowest BCUT2D eigenvalue weighted by Gasteiger charge is -2.37. The molecule has 33 heavy (non-hydrogen) atoms. The van der Waals surface area contributed by atoms with Gasteiger partial charge in [0.05, 0.1) is 18.0 Å². The number of hydrazine groups is 1. The van der Waals surface area contributed by atoms with Gasteiger partial charge in [0.15, 0.2) is 5.03 Å². The second kappa shape index (κ2) is 12.4. The molecule has 0 aliphatic rings. The van der Waals surface area contributed by atoms with Gasteiger partial charge in [0.25, 0.3) is 11.9 Å². The van der Waals surface area contributed by atoms with Crippen LogP contribution < -0.4 is 16.1 Å². The maximum Gasteiger partial charge on any atom is 0.260 e. The van der Waals surface area contributed by atoms with Crippen LogP contribution in [-0.2, 0) is 0 Å². The van der Waals surface area contributed by atoms with Gasteiger partial charge in [-0.25, -0.2) is 15.1 Å². The number of carbonyl (C=O) groups excluding carboxylic acids is 1. The van der Waals surface area contributed by atoms with Gasteiger partial charge in [0.1, 0.15) is 6.17 Å². The summed E-state index contributed by atoms with van der Waals surface area (Å²) in [5.74, 6) is -0.580. The molecule has 0 spiro atoms. The molecule has 0 fully saturated rings. The van der Waals surface area contributed by atoms with Gasteiger partial charge in [-0.3, -0.25) is 9.78 Å². The molecule has 0 radical (unpaired) electrons. The van der Waals surface area contributed by atoms with Crippen molar-refractivity contribution in [3.8, 4) is 6.07 Å². The van der Waals surface area contributed by atoms with Crippen LogP contribution in [0.25, 0.3) is 0 Å². The molecule has 10 nitrogen and oxygen atoms in total. The standard InChI is InChI=1S/C22H26ClN7O3/c1-3-22(4-2,12-6-13-24)20(27-19(31)16-8-10-17(23)11-9-16)28-21(29-30(32)33)26-18-7-5-14-25-15-18/h5,7-11,14-15,20H,3-4,6,12H2,1-2H3,(H,27,31)(H2,26,28,29). The van der Waals surface area contributed by atoms with Crippen LogP contribution in [-0.4, -0.2) is 28.0 Å². The van der Waals surface area contributed by atoms with Crippen LogP contribution in [0, 0.1) is 26.9 Å². The number of carbonyl (C=O) groups is 1. The highest BCUT2D eigenvalue weighted by atomic mass is 35.5. The van der Waals surface area contributed by atoms with Crippen LogP contribution in [0.15, 0.2) is 53.8 Å². The lowest BCUT2D eigenvalue weighted by atomic mass is 9.75. The zero-order chi connectivity index (χ0) is 24.3. The van der Waals surface area contributed by atoms with Crippen LogP contribution >= 0.6 is 11.6 Å². The first-order chi connectivity index (χ1) is 15.8. The van der Waals surface area contributed by atoms with E-state index in [-0.39, 0.29) is 12.4 Å². The molecule has 1 heterocycles. The first kappa shape index (κ1) is 25.5. The van der Waals surface area contributed by atoms with E-state index in [1.54, 1.807) is 42.6 Å². The highest BCUT2D eigenvalue weighted by Crippen LogP contribution is 2.37. The molecule has 0 saturated carbocycles. The Labute approximate surface area is 197 Å². The third kappa shape index (κ3) is 7.43. The average Bonchev–Trinajstić information content (AvgIpc) is 2.80. The summed E-state index contributed by atoms with van der Waals surface area (Å²) in [6.45, 7) is 3.87. The predicted octanol–water partition coefficient (Wildman–Crippen LogP) is 4.15. The first-order valence-electron chi connectivity index (χ1n) is 10.4. The monoisotopic (exact) mass is 471 g/mol. The van der Waals surface area contributed by atoms with Crippen molar-refractivity contribution in [1.29, 1.82) is 5.26 Å². The molecule has 1 amide bonds. The number of nitrogens with one attached hydrogen (secondary N) is 3. The molecule has 1 aromatic heterocycles. The van der Waals surface area contributed by atoms with E-state index in [0.29, 0.717) is 35.5 Å². The highest BCUT2D eigenvalue weighted by Gasteiger charge is 2.37. The number of hydrogen-bond donors (Lipinski definition) is 3. The molecule has 0 aliphatic carbocycles. The molecule has 1 unspecified atom stereocenters. The van der Waals surface area contributed by atoms with Gasteiger partial charge >= 0.3 is 0 Å². The minimum Gasteiger partial charge on any atom is -0.330 e. The maximum absolute atomic E-state index is 13.0. The minimum atomic E-state index is -0.865. The van der Waals surface area contributed by atoms with Crippen LogP contribution in [0.1, 0.15) is 49.9 Å². The molecule has 174 valence electrons. The Kier molecular flexibility index (Phi) is 9.57. The Morgan fingerprint density at radius 3 is 2.55 bits per heavy atom. The van der Waals surface area contributed by atoms with Crippen molar-refractivity contribution in [2.24, 2.45) is 10.4 Å². The molecule has 11 heteroatoms. The summed E-state index contributed by atoms with van der Waals surface area (Å²) in [6, 6.07) is 11.8. The van der Waals surface area contributed by atoms with Crippen molar-refractivity contribution in [2.45, 2.75) is 45.7 Å². The quantitative estimate of drug-likeness (QED) is 0.204. The number of guanidine groups is 1. The molecule has 1 aromatic carbocycles. The van der Waals surface area contributed by atoms with E-state index in [1.807, 2.05) is 13.8 Å².